The Hall–Kier alpha value is -2.92. The number of nitrogens with one attached hydrogen (secondary N) is 1. The number of hydrazone groups is 1. The summed E-state index contributed by atoms with van der Waals surface area (Å²) in [6.45, 7) is 4.40. The quantitative estimate of drug-likeness (QED) is 0.548. The maximum atomic E-state index is 12.1. The first-order chi connectivity index (χ1) is 12.5. The minimum Gasteiger partial charge on any atom is -0.267 e. The summed E-state index contributed by atoms with van der Waals surface area (Å²) in [5.74, 6) is -0.272. The molecule has 0 atom stereocenters. The van der Waals surface area contributed by atoms with Gasteiger partial charge in [0.2, 0.25) is 0 Å². The van der Waals surface area contributed by atoms with Crippen LogP contribution in [-0.4, -0.2) is 21.9 Å². The van der Waals surface area contributed by atoms with Crippen LogP contribution in [0, 0.1) is 13.8 Å². The highest BCUT2D eigenvalue weighted by atomic mass is 35.5. The minimum atomic E-state index is -0.272. The third kappa shape index (κ3) is 4.18. The summed E-state index contributed by atoms with van der Waals surface area (Å²) in [7, 11) is 0. The van der Waals surface area contributed by atoms with Crippen molar-refractivity contribution in [2.24, 2.45) is 5.10 Å². The molecule has 0 saturated heterocycles. The number of amides is 1. The molecule has 3 aromatic rings. The Morgan fingerprint density at radius 3 is 2.54 bits per heavy atom. The van der Waals surface area contributed by atoms with Crippen LogP contribution in [0.25, 0.3) is 0 Å². The molecule has 1 aromatic heterocycles. The molecule has 1 N–H and O–H groups in total. The van der Waals surface area contributed by atoms with Crippen LogP contribution in [0.15, 0.2) is 59.7 Å². The lowest BCUT2D eigenvalue weighted by atomic mass is 10.1. The van der Waals surface area contributed by atoms with Crippen LogP contribution in [0.4, 0.5) is 0 Å². The third-order valence-corrected chi connectivity index (χ3v) is 4.36. The highest BCUT2D eigenvalue weighted by Gasteiger charge is 2.12. The molecule has 0 saturated carbocycles. The minimum absolute atomic E-state index is 0.272. The molecule has 132 valence electrons. The van der Waals surface area contributed by atoms with Crippen LogP contribution in [0.5, 0.6) is 0 Å². The number of aromatic nitrogens is 2. The van der Waals surface area contributed by atoms with Gasteiger partial charge < -0.3 is 0 Å². The molecule has 2 aromatic carbocycles. The average molecular weight is 367 g/mol. The lowest BCUT2D eigenvalue weighted by molar-refractivity contribution is 0.0955. The smallest absolute Gasteiger partial charge is 0.267 e. The first-order valence-corrected chi connectivity index (χ1v) is 8.59. The van der Waals surface area contributed by atoms with E-state index in [2.05, 4.69) is 15.6 Å². The van der Waals surface area contributed by atoms with Crippen molar-refractivity contribution >= 4 is 23.7 Å². The molecule has 26 heavy (non-hydrogen) atoms. The van der Waals surface area contributed by atoms with Gasteiger partial charge in [-0.25, -0.2) is 10.1 Å². The fourth-order valence-corrected chi connectivity index (χ4v) is 2.78. The first kappa shape index (κ1) is 17.9. The van der Waals surface area contributed by atoms with Gasteiger partial charge in [-0.1, -0.05) is 59.6 Å². The van der Waals surface area contributed by atoms with Crippen molar-refractivity contribution in [1.29, 1.82) is 0 Å². The van der Waals surface area contributed by atoms with Gasteiger partial charge in [-0.15, -0.1) is 0 Å². The molecule has 0 radical (unpaired) electrons. The van der Waals surface area contributed by atoms with Crippen LogP contribution < -0.4 is 5.43 Å². The van der Waals surface area contributed by atoms with E-state index in [9.17, 15) is 4.79 Å². The number of halogens is 1. The third-order valence-electron chi connectivity index (χ3n) is 3.96. The van der Waals surface area contributed by atoms with Crippen LogP contribution in [0.2, 0.25) is 5.15 Å². The van der Waals surface area contributed by atoms with E-state index >= 15 is 0 Å². The fraction of sp³-hybridized carbons (Fsp3) is 0.150. The van der Waals surface area contributed by atoms with Gasteiger partial charge >= 0.3 is 0 Å². The Kier molecular flexibility index (Phi) is 5.49. The van der Waals surface area contributed by atoms with Crippen molar-refractivity contribution in [2.45, 2.75) is 20.4 Å². The van der Waals surface area contributed by atoms with Crippen LogP contribution in [0.1, 0.15) is 32.7 Å². The molecule has 0 aliphatic carbocycles. The molecule has 0 aliphatic heterocycles. The van der Waals surface area contributed by atoms with Crippen molar-refractivity contribution < 1.29 is 4.79 Å². The highest BCUT2D eigenvalue weighted by Crippen LogP contribution is 2.19. The molecule has 1 heterocycles. The standard InChI is InChI=1S/C20H19ClN4O/c1-14-8-10-17(11-9-14)20(26)23-22-12-18-15(2)24-25(19(18)21)13-16-6-4-3-5-7-16/h3-12H,13H2,1-2H3,(H,23,26)/b22-12-. The van der Waals surface area contributed by atoms with Crippen molar-refractivity contribution in [3.63, 3.8) is 0 Å². The molecule has 0 spiro atoms. The Morgan fingerprint density at radius 2 is 1.85 bits per heavy atom. The van der Waals surface area contributed by atoms with E-state index in [4.69, 9.17) is 11.6 Å². The second-order valence-electron chi connectivity index (χ2n) is 6.00. The lowest BCUT2D eigenvalue weighted by Gasteiger charge is -2.03. The molecule has 3 rings (SSSR count). The zero-order chi connectivity index (χ0) is 18.5. The second-order valence-corrected chi connectivity index (χ2v) is 6.36. The number of aryl methyl sites for hydroxylation is 2. The number of hydrogen-bond donors (Lipinski definition) is 1. The molecule has 0 fully saturated rings. The van der Waals surface area contributed by atoms with Gasteiger partial charge in [0.1, 0.15) is 5.15 Å². The predicted octanol–water partition coefficient (Wildman–Crippen LogP) is 3.97. The molecular formula is C20H19ClN4O. The molecular weight excluding hydrogens is 348 g/mol. The van der Waals surface area contributed by atoms with E-state index in [0.29, 0.717) is 22.8 Å². The topological polar surface area (TPSA) is 59.3 Å². The van der Waals surface area contributed by atoms with Gasteiger partial charge in [0.15, 0.2) is 0 Å². The molecule has 0 unspecified atom stereocenters. The van der Waals surface area contributed by atoms with Gasteiger partial charge in [-0.3, -0.25) is 4.79 Å². The maximum absolute atomic E-state index is 12.1. The zero-order valence-corrected chi connectivity index (χ0v) is 15.4. The number of carbonyl (C=O) groups excluding carboxylic acids is 1. The Bertz CT molecular complexity index is 930. The monoisotopic (exact) mass is 366 g/mol. The van der Waals surface area contributed by atoms with E-state index in [1.54, 1.807) is 16.8 Å². The number of nitrogens with zero attached hydrogens (tertiary/aromatic N) is 3. The normalized spacial score (nSPS) is 11.0. The summed E-state index contributed by atoms with van der Waals surface area (Å²) in [6, 6.07) is 17.2. The highest BCUT2D eigenvalue weighted by molar-refractivity contribution is 6.32. The first-order valence-electron chi connectivity index (χ1n) is 8.21. The van der Waals surface area contributed by atoms with E-state index in [1.807, 2.05) is 56.3 Å². The summed E-state index contributed by atoms with van der Waals surface area (Å²) in [5, 5.41) is 8.96. The Morgan fingerprint density at radius 1 is 1.15 bits per heavy atom. The largest absolute Gasteiger partial charge is 0.271 e. The second kappa shape index (κ2) is 7.97. The van der Waals surface area contributed by atoms with Gasteiger partial charge in [0, 0.05) is 5.56 Å². The predicted molar refractivity (Wildman–Crippen MR) is 104 cm³/mol. The number of carbonyl (C=O) groups is 1. The Labute approximate surface area is 157 Å². The number of hydrogen-bond acceptors (Lipinski definition) is 3. The summed E-state index contributed by atoms with van der Waals surface area (Å²) in [6.07, 6.45) is 1.53. The van der Waals surface area contributed by atoms with Crippen molar-refractivity contribution in [3.05, 3.63) is 87.7 Å². The van der Waals surface area contributed by atoms with Gasteiger partial charge in [-0.2, -0.15) is 10.2 Å². The van der Waals surface area contributed by atoms with E-state index in [-0.39, 0.29) is 5.91 Å². The average Bonchev–Trinajstić information content (AvgIpc) is 2.90. The van der Waals surface area contributed by atoms with E-state index in [1.165, 1.54) is 6.21 Å². The molecule has 1 amide bonds. The number of benzene rings is 2. The van der Waals surface area contributed by atoms with Crippen LogP contribution in [-0.2, 0) is 6.54 Å². The maximum Gasteiger partial charge on any atom is 0.271 e. The van der Waals surface area contributed by atoms with Gasteiger partial charge in [0.25, 0.3) is 5.91 Å². The van der Waals surface area contributed by atoms with Crippen molar-refractivity contribution in [1.82, 2.24) is 15.2 Å². The van der Waals surface area contributed by atoms with E-state index < -0.39 is 0 Å². The summed E-state index contributed by atoms with van der Waals surface area (Å²) in [5.41, 5.74) is 6.70. The Balaban J connectivity index is 1.70. The van der Waals surface area contributed by atoms with Crippen LogP contribution >= 0.6 is 11.6 Å². The summed E-state index contributed by atoms with van der Waals surface area (Å²) < 4.78 is 1.72. The molecule has 6 heteroatoms. The van der Waals surface area contributed by atoms with Gasteiger partial charge in [-0.05, 0) is 31.5 Å². The molecule has 5 nitrogen and oxygen atoms in total. The zero-order valence-electron chi connectivity index (χ0n) is 14.6. The summed E-state index contributed by atoms with van der Waals surface area (Å²) >= 11 is 6.43. The fourth-order valence-electron chi connectivity index (χ4n) is 2.50. The van der Waals surface area contributed by atoms with Crippen molar-refractivity contribution in [2.75, 3.05) is 0 Å². The number of rotatable bonds is 5. The SMILES string of the molecule is Cc1ccc(C(=O)N/N=C\c2c(C)nn(Cc3ccccc3)c2Cl)cc1. The lowest BCUT2D eigenvalue weighted by Crippen LogP contribution is -2.17. The van der Waals surface area contributed by atoms with E-state index in [0.717, 1.165) is 16.8 Å². The van der Waals surface area contributed by atoms with Crippen LogP contribution in [0.3, 0.4) is 0 Å². The van der Waals surface area contributed by atoms with Gasteiger partial charge in [0.05, 0.1) is 24.0 Å². The molecule has 0 bridgehead atoms. The van der Waals surface area contributed by atoms with Crippen molar-refractivity contribution in [3.8, 4) is 0 Å². The molecule has 0 aliphatic rings. The summed E-state index contributed by atoms with van der Waals surface area (Å²) in [4.78, 5) is 12.1.